The van der Waals surface area contributed by atoms with Gasteiger partial charge in [0.2, 0.25) is 6.08 Å². The normalized spacial score (nSPS) is 10.3. The number of isocyanates is 1. The molecule has 56 valence electrons. The first kappa shape index (κ1) is 9.01. The van der Waals surface area contributed by atoms with E-state index in [4.69, 9.17) is 4.74 Å². The lowest BCUT2D eigenvalue weighted by molar-refractivity contribution is -0.135. The third-order valence-corrected chi connectivity index (χ3v) is 1.17. The third kappa shape index (κ3) is 2.09. The van der Waals surface area contributed by atoms with Crippen molar-refractivity contribution >= 4 is 12.0 Å². The van der Waals surface area contributed by atoms with Crippen LogP contribution in [0.3, 0.4) is 0 Å². The molecular formula is C6H9NO3. The molecule has 0 radical (unpaired) electrons. The van der Waals surface area contributed by atoms with Gasteiger partial charge in [-0.3, -0.25) is 4.79 Å². The first-order valence-corrected chi connectivity index (χ1v) is 2.72. The van der Waals surface area contributed by atoms with Crippen molar-refractivity contribution in [3.05, 3.63) is 0 Å². The Labute approximate surface area is 58.9 Å². The number of nitrogens with zero attached hydrogens (tertiary/aromatic N) is 1. The van der Waals surface area contributed by atoms with Crippen molar-refractivity contribution < 1.29 is 14.3 Å². The average Bonchev–Trinajstić information content (AvgIpc) is 1.89. The number of carbonyl (C=O) groups is 1. The van der Waals surface area contributed by atoms with E-state index in [1.165, 1.54) is 21.0 Å². The van der Waals surface area contributed by atoms with E-state index in [1.807, 2.05) is 0 Å². The summed E-state index contributed by atoms with van der Waals surface area (Å²) in [6.45, 7) is 3.05. The van der Waals surface area contributed by atoms with Crippen molar-refractivity contribution in [2.75, 3.05) is 7.11 Å². The van der Waals surface area contributed by atoms with E-state index >= 15 is 0 Å². The van der Waals surface area contributed by atoms with Crippen LogP contribution in [0.25, 0.3) is 0 Å². The zero-order valence-corrected chi connectivity index (χ0v) is 6.17. The third-order valence-electron chi connectivity index (χ3n) is 1.17. The van der Waals surface area contributed by atoms with Gasteiger partial charge in [0.05, 0.1) is 0 Å². The minimum absolute atomic E-state index is 0.620. The molecular weight excluding hydrogens is 134 g/mol. The summed E-state index contributed by atoms with van der Waals surface area (Å²) in [6.07, 6.45) is 1.15. The second-order valence-corrected chi connectivity index (χ2v) is 2.22. The van der Waals surface area contributed by atoms with Gasteiger partial charge in [-0.15, -0.1) is 4.99 Å². The molecule has 0 aromatic heterocycles. The maximum absolute atomic E-state index is 10.7. The van der Waals surface area contributed by atoms with Crippen molar-refractivity contribution in [2.24, 2.45) is 4.99 Å². The summed E-state index contributed by atoms with van der Waals surface area (Å²) in [4.78, 5) is 23.2. The molecule has 0 aromatic rings. The largest absolute Gasteiger partial charge is 0.369 e. The Morgan fingerprint density at radius 1 is 1.60 bits per heavy atom. The molecule has 1 amide bonds. The topological polar surface area (TPSA) is 55.7 Å². The standard InChI is InChI=1S/C6H9NO3/c1-6(2,10-3)5(9)7-4-8/h1-3H3. The molecule has 0 bridgehead atoms. The molecule has 10 heavy (non-hydrogen) atoms. The summed E-state index contributed by atoms with van der Waals surface area (Å²) in [5.41, 5.74) is -1.02. The molecule has 0 aliphatic rings. The van der Waals surface area contributed by atoms with Crippen molar-refractivity contribution in [2.45, 2.75) is 19.4 Å². The van der Waals surface area contributed by atoms with E-state index in [2.05, 4.69) is 4.99 Å². The maximum Gasteiger partial charge on any atom is 0.287 e. The summed E-state index contributed by atoms with van der Waals surface area (Å²) in [7, 11) is 1.37. The SMILES string of the molecule is COC(C)(C)C(=O)N=C=O. The predicted molar refractivity (Wildman–Crippen MR) is 34.2 cm³/mol. The smallest absolute Gasteiger partial charge is 0.287 e. The van der Waals surface area contributed by atoms with Crippen LogP contribution in [0.5, 0.6) is 0 Å². The summed E-state index contributed by atoms with van der Waals surface area (Å²) < 4.78 is 4.73. The summed E-state index contributed by atoms with van der Waals surface area (Å²) in [5.74, 6) is -0.620. The molecule has 0 aliphatic heterocycles. The van der Waals surface area contributed by atoms with Crippen LogP contribution in [0, 0.1) is 0 Å². The zero-order valence-electron chi connectivity index (χ0n) is 6.17. The van der Waals surface area contributed by atoms with E-state index in [0.29, 0.717) is 0 Å². The van der Waals surface area contributed by atoms with Crippen LogP contribution in [-0.4, -0.2) is 24.7 Å². The van der Waals surface area contributed by atoms with E-state index < -0.39 is 11.5 Å². The first-order valence-electron chi connectivity index (χ1n) is 2.72. The summed E-state index contributed by atoms with van der Waals surface area (Å²) in [6, 6.07) is 0. The number of amides is 1. The van der Waals surface area contributed by atoms with E-state index in [1.54, 1.807) is 0 Å². The van der Waals surface area contributed by atoms with Gasteiger partial charge in [-0.25, -0.2) is 4.79 Å². The van der Waals surface area contributed by atoms with Gasteiger partial charge in [-0.05, 0) is 13.8 Å². The molecule has 0 unspecified atom stereocenters. The number of hydrogen-bond donors (Lipinski definition) is 0. The van der Waals surface area contributed by atoms with Gasteiger partial charge in [0, 0.05) is 7.11 Å². The Balaban J connectivity index is 4.32. The number of methoxy groups -OCH3 is 1. The molecule has 4 heteroatoms. The Bertz CT molecular complexity index is 179. The van der Waals surface area contributed by atoms with Gasteiger partial charge in [0.25, 0.3) is 5.91 Å². The maximum atomic E-state index is 10.7. The molecule has 0 fully saturated rings. The van der Waals surface area contributed by atoms with E-state index in [0.717, 1.165) is 6.08 Å². The highest BCUT2D eigenvalue weighted by atomic mass is 16.5. The number of hydrogen-bond acceptors (Lipinski definition) is 3. The Kier molecular flexibility index (Phi) is 2.93. The lowest BCUT2D eigenvalue weighted by Gasteiger charge is -2.16. The number of aliphatic imine (C=N–C) groups is 1. The molecule has 0 heterocycles. The fraction of sp³-hybridized carbons (Fsp3) is 0.667. The fourth-order valence-electron chi connectivity index (χ4n) is 0.263. The minimum atomic E-state index is -1.02. The fourth-order valence-corrected chi connectivity index (χ4v) is 0.263. The van der Waals surface area contributed by atoms with Crippen LogP contribution in [0.4, 0.5) is 0 Å². The van der Waals surface area contributed by atoms with Crippen LogP contribution in [0.2, 0.25) is 0 Å². The van der Waals surface area contributed by atoms with E-state index in [-0.39, 0.29) is 0 Å². The van der Waals surface area contributed by atoms with E-state index in [9.17, 15) is 9.59 Å². The zero-order chi connectivity index (χ0) is 8.20. The predicted octanol–water partition coefficient (Wildman–Crippen LogP) is 0.274. The highest BCUT2D eigenvalue weighted by Gasteiger charge is 2.26. The highest BCUT2D eigenvalue weighted by Crippen LogP contribution is 2.08. The van der Waals surface area contributed by atoms with Crippen molar-refractivity contribution in [3.8, 4) is 0 Å². The summed E-state index contributed by atoms with van der Waals surface area (Å²) >= 11 is 0. The second-order valence-electron chi connectivity index (χ2n) is 2.22. The molecule has 0 N–H and O–H groups in total. The van der Waals surface area contributed by atoms with Gasteiger partial charge in [-0.1, -0.05) is 0 Å². The van der Waals surface area contributed by atoms with Crippen molar-refractivity contribution in [1.82, 2.24) is 0 Å². The molecule has 4 nitrogen and oxygen atoms in total. The van der Waals surface area contributed by atoms with Crippen LogP contribution in [-0.2, 0) is 14.3 Å². The van der Waals surface area contributed by atoms with Gasteiger partial charge < -0.3 is 4.74 Å². The monoisotopic (exact) mass is 143 g/mol. The molecule has 0 saturated heterocycles. The van der Waals surface area contributed by atoms with Gasteiger partial charge in [0.15, 0.2) is 0 Å². The Morgan fingerprint density at radius 3 is 2.40 bits per heavy atom. The van der Waals surface area contributed by atoms with Gasteiger partial charge in [0.1, 0.15) is 5.60 Å². The molecule has 0 spiro atoms. The van der Waals surface area contributed by atoms with Crippen LogP contribution in [0.1, 0.15) is 13.8 Å². The van der Waals surface area contributed by atoms with Crippen LogP contribution >= 0.6 is 0 Å². The van der Waals surface area contributed by atoms with Crippen molar-refractivity contribution in [3.63, 3.8) is 0 Å². The lowest BCUT2D eigenvalue weighted by atomic mass is 10.1. The first-order chi connectivity index (χ1) is 4.54. The van der Waals surface area contributed by atoms with Crippen molar-refractivity contribution in [1.29, 1.82) is 0 Å². The number of ether oxygens (including phenoxy) is 1. The molecule has 0 aliphatic carbocycles. The van der Waals surface area contributed by atoms with Gasteiger partial charge in [-0.2, -0.15) is 0 Å². The number of carbonyl (C=O) groups excluding carboxylic acids is 2. The average molecular weight is 143 g/mol. The minimum Gasteiger partial charge on any atom is -0.369 e. The Morgan fingerprint density at radius 2 is 2.10 bits per heavy atom. The molecule has 0 aromatic carbocycles. The quantitative estimate of drug-likeness (QED) is 0.412. The molecule has 0 saturated carbocycles. The van der Waals surface area contributed by atoms with Crippen LogP contribution < -0.4 is 0 Å². The second kappa shape index (κ2) is 3.25. The lowest BCUT2D eigenvalue weighted by Crippen LogP contribution is -2.32. The Hall–Kier alpha value is -0.990. The summed E-state index contributed by atoms with van der Waals surface area (Å²) in [5, 5.41) is 0. The van der Waals surface area contributed by atoms with Crippen LogP contribution in [0.15, 0.2) is 4.99 Å². The molecule has 0 rings (SSSR count). The number of rotatable bonds is 2. The highest BCUT2D eigenvalue weighted by molar-refractivity contribution is 5.88. The molecule has 0 atom stereocenters. The van der Waals surface area contributed by atoms with Gasteiger partial charge >= 0.3 is 0 Å².